The minimum atomic E-state index is 0.297. The van der Waals surface area contributed by atoms with E-state index in [1.165, 1.54) is 0 Å². The summed E-state index contributed by atoms with van der Waals surface area (Å²) < 4.78 is 1.77. The zero-order valence-corrected chi connectivity index (χ0v) is 11.8. The Kier molecular flexibility index (Phi) is 4.27. The Morgan fingerprint density at radius 3 is 2.63 bits per heavy atom. The first-order valence-electron chi connectivity index (χ1n) is 6.66. The van der Waals surface area contributed by atoms with E-state index in [4.69, 9.17) is 0 Å². The van der Waals surface area contributed by atoms with Crippen LogP contribution in [0.5, 0.6) is 0 Å². The second-order valence-corrected chi connectivity index (χ2v) is 5.46. The molecule has 5 heteroatoms. The molecule has 0 bridgehead atoms. The molecule has 0 radical (unpaired) electrons. The summed E-state index contributed by atoms with van der Waals surface area (Å²) in [6, 6.07) is 9.93. The molecule has 0 spiro atoms. The Morgan fingerprint density at radius 2 is 1.95 bits per heavy atom. The lowest BCUT2D eigenvalue weighted by Crippen LogP contribution is -2.29. The zero-order chi connectivity index (χ0) is 13.7. The van der Waals surface area contributed by atoms with Gasteiger partial charge < -0.3 is 5.32 Å². The van der Waals surface area contributed by atoms with E-state index in [9.17, 15) is 0 Å². The van der Waals surface area contributed by atoms with Crippen LogP contribution < -0.4 is 5.32 Å². The molecule has 0 amide bonds. The summed E-state index contributed by atoms with van der Waals surface area (Å²) >= 11 is 0. The van der Waals surface area contributed by atoms with Gasteiger partial charge in [-0.25, -0.2) is 0 Å². The minimum Gasteiger partial charge on any atom is -0.309 e. The molecule has 2 rings (SSSR count). The quantitative estimate of drug-likeness (QED) is 0.864. The van der Waals surface area contributed by atoms with Crippen LogP contribution in [-0.2, 0) is 6.54 Å². The van der Waals surface area contributed by atoms with E-state index in [0.717, 1.165) is 24.5 Å². The molecule has 0 saturated heterocycles. The number of nitrogens with one attached hydrogen (secondary N) is 1. The number of aromatic nitrogens is 4. The maximum atomic E-state index is 4.08. The van der Waals surface area contributed by atoms with Crippen LogP contribution in [0.25, 0.3) is 5.69 Å². The first-order valence-corrected chi connectivity index (χ1v) is 6.66. The summed E-state index contributed by atoms with van der Waals surface area (Å²) in [6.07, 6.45) is 1.14. The smallest absolute Gasteiger partial charge is 0.170 e. The van der Waals surface area contributed by atoms with Gasteiger partial charge in [-0.15, -0.1) is 5.10 Å². The number of rotatable bonds is 6. The van der Waals surface area contributed by atoms with Gasteiger partial charge in [0.05, 0.1) is 12.2 Å². The van der Waals surface area contributed by atoms with Crippen LogP contribution in [0.4, 0.5) is 0 Å². The molecule has 0 aliphatic carbocycles. The first-order chi connectivity index (χ1) is 9.12. The third-order valence-corrected chi connectivity index (χ3v) is 3.38. The second kappa shape index (κ2) is 5.93. The number of tetrazole rings is 1. The molecule has 2 aromatic rings. The summed E-state index contributed by atoms with van der Waals surface area (Å²) in [7, 11) is 0. The Labute approximate surface area is 114 Å². The van der Waals surface area contributed by atoms with Crippen LogP contribution >= 0.6 is 0 Å². The number of para-hydroxylation sites is 1. The molecule has 0 atom stereocenters. The van der Waals surface area contributed by atoms with Crippen molar-refractivity contribution in [2.24, 2.45) is 5.41 Å². The molecule has 0 fully saturated rings. The third kappa shape index (κ3) is 3.61. The molecule has 19 heavy (non-hydrogen) atoms. The number of hydrogen-bond acceptors (Lipinski definition) is 4. The number of hydrogen-bond donors (Lipinski definition) is 1. The fraction of sp³-hybridized carbons (Fsp3) is 0.500. The van der Waals surface area contributed by atoms with Crippen molar-refractivity contribution in [3.05, 3.63) is 36.2 Å². The molecular formula is C14H21N5. The maximum Gasteiger partial charge on any atom is 0.170 e. The minimum absolute atomic E-state index is 0.297. The molecule has 0 aliphatic rings. The molecule has 1 N–H and O–H groups in total. The fourth-order valence-corrected chi connectivity index (χ4v) is 1.72. The van der Waals surface area contributed by atoms with Gasteiger partial charge in [0.2, 0.25) is 0 Å². The topological polar surface area (TPSA) is 55.6 Å². The summed E-state index contributed by atoms with van der Waals surface area (Å²) in [5, 5.41) is 15.3. The lowest BCUT2D eigenvalue weighted by atomic mass is 9.90. The van der Waals surface area contributed by atoms with E-state index in [-0.39, 0.29) is 0 Å². The highest BCUT2D eigenvalue weighted by molar-refractivity contribution is 5.30. The molecule has 0 unspecified atom stereocenters. The van der Waals surface area contributed by atoms with E-state index >= 15 is 0 Å². The van der Waals surface area contributed by atoms with Crippen LogP contribution in [0.1, 0.15) is 33.0 Å². The molecule has 1 aromatic carbocycles. The highest BCUT2D eigenvalue weighted by atomic mass is 15.5. The van der Waals surface area contributed by atoms with Crippen molar-refractivity contribution in [1.82, 2.24) is 25.5 Å². The Balaban J connectivity index is 2.01. The highest BCUT2D eigenvalue weighted by Gasteiger charge is 2.15. The molecule has 1 aromatic heterocycles. The van der Waals surface area contributed by atoms with Gasteiger partial charge in [-0.1, -0.05) is 39.0 Å². The average molecular weight is 259 g/mol. The Morgan fingerprint density at radius 1 is 1.21 bits per heavy atom. The summed E-state index contributed by atoms with van der Waals surface area (Å²) in [5.41, 5.74) is 1.28. The molecule has 0 saturated carbocycles. The molecular weight excluding hydrogens is 238 g/mol. The molecule has 1 heterocycles. The van der Waals surface area contributed by atoms with Gasteiger partial charge >= 0.3 is 0 Å². The van der Waals surface area contributed by atoms with E-state index in [2.05, 4.69) is 41.6 Å². The van der Waals surface area contributed by atoms with E-state index in [1.54, 1.807) is 4.68 Å². The standard InChI is InChI=1S/C14H21N5/c1-4-14(2,3)11-15-10-13-16-17-18-19(13)12-8-6-5-7-9-12/h5-9,15H,4,10-11H2,1-3H3. The molecule has 102 valence electrons. The van der Waals surface area contributed by atoms with Gasteiger partial charge in [-0.05, 0) is 34.4 Å². The average Bonchev–Trinajstić information content (AvgIpc) is 2.88. The van der Waals surface area contributed by atoms with Crippen molar-refractivity contribution < 1.29 is 0 Å². The Bertz CT molecular complexity index is 504. The van der Waals surface area contributed by atoms with Gasteiger partial charge in [0.15, 0.2) is 5.82 Å². The number of benzene rings is 1. The zero-order valence-electron chi connectivity index (χ0n) is 11.8. The summed E-state index contributed by atoms with van der Waals surface area (Å²) in [6.45, 7) is 8.33. The van der Waals surface area contributed by atoms with Crippen molar-refractivity contribution in [1.29, 1.82) is 0 Å². The Hall–Kier alpha value is -1.75. The summed E-state index contributed by atoms with van der Waals surface area (Å²) in [4.78, 5) is 0. The fourth-order valence-electron chi connectivity index (χ4n) is 1.72. The van der Waals surface area contributed by atoms with Crippen molar-refractivity contribution in [2.45, 2.75) is 33.7 Å². The predicted octanol–water partition coefficient (Wildman–Crippen LogP) is 2.19. The molecule has 0 aliphatic heterocycles. The second-order valence-electron chi connectivity index (χ2n) is 5.46. The van der Waals surface area contributed by atoms with Crippen LogP contribution in [0.15, 0.2) is 30.3 Å². The monoisotopic (exact) mass is 259 g/mol. The van der Waals surface area contributed by atoms with Crippen LogP contribution in [-0.4, -0.2) is 26.8 Å². The lowest BCUT2D eigenvalue weighted by Gasteiger charge is -2.22. The van der Waals surface area contributed by atoms with E-state index in [0.29, 0.717) is 12.0 Å². The van der Waals surface area contributed by atoms with Crippen molar-refractivity contribution in [2.75, 3.05) is 6.54 Å². The molecule has 5 nitrogen and oxygen atoms in total. The maximum absolute atomic E-state index is 4.08. The van der Waals surface area contributed by atoms with Crippen LogP contribution in [0.2, 0.25) is 0 Å². The largest absolute Gasteiger partial charge is 0.309 e. The number of nitrogens with zero attached hydrogens (tertiary/aromatic N) is 4. The SMILES string of the molecule is CCC(C)(C)CNCc1nnnn1-c1ccccc1. The van der Waals surface area contributed by atoms with Crippen LogP contribution in [0.3, 0.4) is 0 Å². The predicted molar refractivity (Wildman–Crippen MR) is 74.9 cm³/mol. The van der Waals surface area contributed by atoms with Gasteiger partial charge in [0, 0.05) is 6.54 Å². The highest BCUT2D eigenvalue weighted by Crippen LogP contribution is 2.17. The van der Waals surface area contributed by atoms with Gasteiger partial charge in [0.1, 0.15) is 0 Å². The van der Waals surface area contributed by atoms with E-state index in [1.807, 2.05) is 30.3 Å². The first kappa shape index (κ1) is 13.7. The van der Waals surface area contributed by atoms with Gasteiger partial charge in [0.25, 0.3) is 0 Å². The third-order valence-electron chi connectivity index (χ3n) is 3.38. The van der Waals surface area contributed by atoms with E-state index < -0.39 is 0 Å². The lowest BCUT2D eigenvalue weighted by molar-refractivity contribution is 0.325. The normalized spacial score (nSPS) is 11.7. The van der Waals surface area contributed by atoms with Gasteiger partial charge in [-0.2, -0.15) is 4.68 Å². The summed E-state index contributed by atoms with van der Waals surface area (Å²) in [5.74, 6) is 0.832. The van der Waals surface area contributed by atoms with Crippen molar-refractivity contribution in [3.8, 4) is 5.69 Å². The van der Waals surface area contributed by atoms with Crippen LogP contribution in [0, 0.1) is 5.41 Å². The van der Waals surface area contributed by atoms with Crippen molar-refractivity contribution >= 4 is 0 Å². The van der Waals surface area contributed by atoms with Crippen molar-refractivity contribution in [3.63, 3.8) is 0 Å². The van der Waals surface area contributed by atoms with Gasteiger partial charge in [-0.3, -0.25) is 0 Å².